The van der Waals surface area contributed by atoms with Crippen LogP contribution in [-0.2, 0) is 17.8 Å². The van der Waals surface area contributed by atoms with E-state index in [9.17, 15) is 4.79 Å². The second kappa shape index (κ2) is 9.02. The SMILES string of the molecule is CCCCCCn1c(CCCNC(=O)C(C)(C)C)nc2ccccc21. The van der Waals surface area contributed by atoms with Crippen molar-refractivity contribution in [2.24, 2.45) is 5.41 Å². The molecule has 138 valence electrons. The van der Waals surface area contributed by atoms with E-state index in [1.807, 2.05) is 26.8 Å². The summed E-state index contributed by atoms with van der Waals surface area (Å²) >= 11 is 0. The van der Waals surface area contributed by atoms with Gasteiger partial charge in [-0.3, -0.25) is 4.79 Å². The van der Waals surface area contributed by atoms with Gasteiger partial charge in [0.05, 0.1) is 11.0 Å². The predicted octanol–water partition coefficient (Wildman–Crippen LogP) is 4.71. The zero-order chi connectivity index (χ0) is 18.3. The fraction of sp³-hybridized carbons (Fsp3) is 0.619. The summed E-state index contributed by atoms with van der Waals surface area (Å²) in [7, 11) is 0. The Labute approximate surface area is 152 Å². The second-order valence-electron chi connectivity index (χ2n) is 7.84. The molecule has 0 atom stereocenters. The highest BCUT2D eigenvalue weighted by atomic mass is 16.2. The Kier molecular flexibility index (Phi) is 7.03. The monoisotopic (exact) mass is 343 g/mol. The van der Waals surface area contributed by atoms with Crippen LogP contribution in [0.4, 0.5) is 0 Å². The summed E-state index contributed by atoms with van der Waals surface area (Å²) in [6.45, 7) is 9.80. The highest BCUT2D eigenvalue weighted by Crippen LogP contribution is 2.18. The molecule has 0 spiro atoms. The van der Waals surface area contributed by atoms with Crippen LogP contribution < -0.4 is 5.32 Å². The number of nitrogens with zero attached hydrogens (tertiary/aromatic N) is 2. The summed E-state index contributed by atoms with van der Waals surface area (Å²) in [4.78, 5) is 16.8. The van der Waals surface area contributed by atoms with Gasteiger partial charge < -0.3 is 9.88 Å². The number of rotatable bonds is 9. The first-order chi connectivity index (χ1) is 11.9. The Morgan fingerprint density at radius 1 is 1.12 bits per heavy atom. The van der Waals surface area contributed by atoms with Gasteiger partial charge in [-0.15, -0.1) is 0 Å². The van der Waals surface area contributed by atoms with E-state index in [2.05, 4.69) is 35.0 Å². The lowest BCUT2D eigenvalue weighted by atomic mass is 9.96. The van der Waals surface area contributed by atoms with Gasteiger partial charge in [-0.2, -0.15) is 0 Å². The predicted molar refractivity (Wildman–Crippen MR) is 105 cm³/mol. The van der Waals surface area contributed by atoms with Crippen molar-refractivity contribution in [2.75, 3.05) is 6.54 Å². The van der Waals surface area contributed by atoms with Crippen molar-refractivity contribution in [1.29, 1.82) is 0 Å². The number of para-hydroxylation sites is 2. The highest BCUT2D eigenvalue weighted by Gasteiger charge is 2.20. The first-order valence-electron chi connectivity index (χ1n) is 9.66. The van der Waals surface area contributed by atoms with Crippen molar-refractivity contribution < 1.29 is 4.79 Å². The summed E-state index contributed by atoms with van der Waals surface area (Å²) in [5.41, 5.74) is 1.98. The van der Waals surface area contributed by atoms with Gasteiger partial charge in [-0.05, 0) is 25.0 Å². The van der Waals surface area contributed by atoms with Crippen molar-refractivity contribution in [2.45, 2.75) is 72.8 Å². The molecule has 0 aliphatic heterocycles. The van der Waals surface area contributed by atoms with Gasteiger partial charge >= 0.3 is 0 Å². The van der Waals surface area contributed by atoms with Gasteiger partial charge in [0.15, 0.2) is 0 Å². The Hall–Kier alpha value is -1.84. The number of fused-ring (bicyclic) bond motifs is 1. The van der Waals surface area contributed by atoms with E-state index in [-0.39, 0.29) is 11.3 Å². The molecule has 25 heavy (non-hydrogen) atoms. The molecule has 4 nitrogen and oxygen atoms in total. The van der Waals surface area contributed by atoms with Crippen LogP contribution in [0.15, 0.2) is 24.3 Å². The molecule has 0 unspecified atom stereocenters. The molecule has 0 bridgehead atoms. The molecular weight excluding hydrogens is 310 g/mol. The highest BCUT2D eigenvalue weighted by molar-refractivity contribution is 5.81. The van der Waals surface area contributed by atoms with E-state index in [1.54, 1.807) is 0 Å². The van der Waals surface area contributed by atoms with E-state index >= 15 is 0 Å². The molecule has 0 aliphatic rings. The first kappa shape index (κ1) is 19.5. The Balaban J connectivity index is 1.98. The Morgan fingerprint density at radius 2 is 1.88 bits per heavy atom. The number of nitrogens with one attached hydrogen (secondary N) is 1. The van der Waals surface area contributed by atoms with Crippen LogP contribution in [-0.4, -0.2) is 22.0 Å². The van der Waals surface area contributed by atoms with Gasteiger partial charge in [0.2, 0.25) is 5.91 Å². The minimum atomic E-state index is -0.327. The third kappa shape index (κ3) is 5.58. The zero-order valence-electron chi connectivity index (χ0n) is 16.3. The number of aromatic nitrogens is 2. The maximum atomic E-state index is 12.0. The molecule has 1 heterocycles. The van der Waals surface area contributed by atoms with Gasteiger partial charge in [-0.1, -0.05) is 59.1 Å². The molecule has 2 aromatic rings. The summed E-state index contributed by atoms with van der Waals surface area (Å²) in [5.74, 6) is 1.25. The molecule has 1 aromatic heterocycles. The van der Waals surface area contributed by atoms with Crippen molar-refractivity contribution in [3.05, 3.63) is 30.1 Å². The van der Waals surface area contributed by atoms with Gasteiger partial charge in [0.25, 0.3) is 0 Å². The van der Waals surface area contributed by atoms with E-state index in [4.69, 9.17) is 4.98 Å². The molecule has 0 fully saturated rings. The molecule has 4 heteroatoms. The van der Waals surface area contributed by atoms with Crippen LogP contribution in [0.5, 0.6) is 0 Å². The van der Waals surface area contributed by atoms with Crippen molar-refractivity contribution in [3.8, 4) is 0 Å². The molecule has 0 saturated heterocycles. The molecule has 0 aliphatic carbocycles. The fourth-order valence-corrected chi connectivity index (χ4v) is 2.98. The number of hydrogen-bond acceptors (Lipinski definition) is 2. The van der Waals surface area contributed by atoms with Crippen molar-refractivity contribution in [3.63, 3.8) is 0 Å². The quantitative estimate of drug-likeness (QED) is 0.670. The fourth-order valence-electron chi connectivity index (χ4n) is 2.98. The summed E-state index contributed by atoms with van der Waals surface area (Å²) in [5, 5.41) is 3.03. The first-order valence-corrected chi connectivity index (χ1v) is 9.66. The number of unbranched alkanes of at least 4 members (excludes halogenated alkanes) is 3. The van der Waals surface area contributed by atoms with Gasteiger partial charge in [0.1, 0.15) is 5.82 Å². The van der Waals surface area contributed by atoms with E-state index in [1.165, 1.54) is 31.2 Å². The van der Waals surface area contributed by atoms with E-state index < -0.39 is 0 Å². The largest absolute Gasteiger partial charge is 0.356 e. The maximum Gasteiger partial charge on any atom is 0.225 e. The molecule has 0 saturated carbocycles. The molecule has 1 aromatic carbocycles. The van der Waals surface area contributed by atoms with Crippen LogP contribution in [0, 0.1) is 5.41 Å². The zero-order valence-corrected chi connectivity index (χ0v) is 16.3. The topological polar surface area (TPSA) is 46.9 Å². The van der Waals surface area contributed by atoms with Crippen LogP contribution in [0.25, 0.3) is 11.0 Å². The van der Waals surface area contributed by atoms with Gasteiger partial charge in [0, 0.05) is 24.9 Å². The maximum absolute atomic E-state index is 12.0. The van der Waals surface area contributed by atoms with Crippen LogP contribution >= 0.6 is 0 Å². The minimum Gasteiger partial charge on any atom is -0.356 e. The molecule has 1 N–H and O–H groups in total. The Bertz CT molecular complexity index is 682. The van der Waals surface area contributed by atoms with Crippen molar-refractivity contribution >= 4 is 16.9 Å². The summed E-state index contributed by atoms with van der Waals surface area (Å²) < 4.78 is 2.37. The second-order valence-corrected chi connectivity index (χ2v) is 7.84. The third-order valence-corrected chi connectivity index (χ3v) is 4.51. The van der Waals surface area contributed by atoms with Crippen molar-refractivity contribution in [1.82, 2.24) is 14.9 Å². The number of hydrogen-bond donors (Lipinski definition) is 1. The lowest BCUT2D eigenvalue weighted by molar-refractivity contribution is -0.128. The minimum absolute atomic E-state index is 0.112. The summed E-state index contributed by atoms with van der Waals surface area (Å²) in [6.07, 6.45) is 6.82. The normalized spacial score (nSPS) is 11.8. The molecule has 2 rings (SSSR count). The van der Waals surface area contributed by atoms with Crippen LogP contribution in [0.2, 0.25) is 0 Å². The standard InChI is InChI=1S/C21H33N3O/c1-5-6-7-10-16-24-18-13-9-8-12-17(18)23-19(24)14-11-15-22-20(25)21(2,3)4/h8-9,12-13H,5-7,10-11,14-16H2,1-4H3,(H,22,25). The average molecular weight is 344 g/mol. The van der Waals surface area contributed by atoms with Gasteiger partial charge in [-0.25, -0.2) is 4.98 Å². The lowest BCUT2D eigenvalue weighted by Crippen LogP contribution is -2.35. The number of carbonyl (C=O) groups is 1. The van der Waals surface area contributed by atoms with Crippen LogP contribution in [0.3, 0.4) is 0 Å². The number of amides is 1. The van der Waals surface area contributed by atoms with E-state index in [0.717, 1.165) is 30.7 Å². The molecule has 1 amide bonds. The number of carbonyl (C=O) groups excluding carboxylic acids is 1. The Morgan fingerprint density at radius 3 is 2.60 bits per heavy atom. The molecular formula is C21H33N3O. The smallest absolute Gasteiger partial charge is 0.225 e. The summed E-state index contributed by atoms with van der Waals surface area (Å²) in [6, 6.07) is 8.37. The molecule has 0 radical (unpaired) electrons. The number of benzene rings is 1. The lowest BCUT2D eigenvalue weighted by Gasteiger charge is -2.17. The number of imidazole rings is 1. The van der Waals surface area contributed by atoms with E-state index in [0.29, 0.717) is 6.54 Å². The van der Waals surface area contributed by atoms with Crippen LogP contribution in [0.1, 0.15) is 65.6 Å². The average Bonchev–Trinajstić information content (AvgIpc) is 2.92. The number of aryl methyl sites for hydroxylation is 2. The third-order valence-electron chi connectivity index (χ3n) is 4.51.